The topological polar surface area (TPSA) is 75.9 Å². The summed E-state index contributed by atoms with van der Waals surface area (Å²) >= 11 is 0. The van der Waals surface area contributed by atoms with E-state index < -0.39 is 0 Å². The Labute approximate surface area is 175 Å². The van der Waals surface area contributed by atoms with Crippen molar-refractivity contribution in [3.8, 4) is 11.1 Å². The number of anilines is 1. The van der Waals surface area contributed by atoms with Gasteiger partial charge < -0.3 is 10.2 Å². The second-order valence-electron chi connectivity index (χ2n) is 8.60. The summed E-state index contributed by atoms with van der Waals surface area (Å²) in [7, 11) is 0. The molecule has 3 aromatic rings. The van der Waals surface area contributed by atoms with Crippen LogP contribution >= 0.6 is 0 Å². The van der Waals surface area contributed by atoms with Gasteiger partial charge in [-0.3, -0.25) is 14.5 Å². The lowest BCUT2D eigenvalue weighted by Crippen LogP contribution is -2.32. The van der Waals surface area contributed by atoms with E-state index >= 15 is 0 Å². The molecule has 0 bridgehead atoms. The normalized spacial score (nSPS) is 18.0. The number of hydrogen-bond donors (Lipinski definition) is 1. The van der Waals surface area contributed by atoms with Crippen molar-refractivity contribution >= 4 is 11.7 Å². The summed E-state index contributed by atoms with van der Waals surface area (Å²) in [6.45, 7) is 4.21. The lowest BCUT2D eigenvalue weighted by atomic mass is 9.93. The molecule has 6 rings (SSSR count). The van der Waals surface area contributed by atoms with Gasteiger partial charge in [-0.2, -0.15) is 5.10 Å². The van der Waals surface area contributed by atoms with E-state index in [1.165, 1.54) is 24.8 Å². The Balaban J connectivity index is 1.29. The maximum Gasteiger partial charge on any atom is 0.253 e. The molecular weight excluding hydrogens is 376 g/mol. The van der Waals surface area contributed by atoms with Crippen molar-refractivity contribution in [3.05, 3.63) is 58.8 Å². The fourth-order valence-corrected chi connectivity index (χ4v) is 4.65. The summed E-state index contributed by atoms with van der Waals surface area (Å²) in [4.78, 5) is 23.8. The maximum atomic E-state index is 11.9. The molecule has 1 saturated carbocycles. The second-order valence-corrected chi connectivity index (χ2v) is 8.60. The maximum absolute atomic E-state index is 11.9. The summed E-state index contributed by atoms with van der Waals surface area (Å²) in [6.07, 6.45) is 10.7. The Morgan fingerprint density at radius 3 is 2.87 bits per heavy atom. The molecule has 7 heteroatoms. The number of nitrogens with zero attached hydrogens (tertiary/aromatic N) is 5. The smallest absolute Gasteiger partial charge is 0.253 e. The van der Waals surface area contributed by atoms with Gasteiger partial charge in [0, 0.05) is 48.7 Å². The van der Waals surface area contributed by atoms with Crippen LogP contribution < -0.4 is 10.2 Å². The molecule has 1 amide bonds. The zero-order valence-electron chi connectivity index (χ0n) is 17.1. The average Bonchev–Trinajstić information content (AvgIpc) is 3.33. The van der Waals surface area contributed by atoms with E-state index in [9.17, 15) is 4.79 Å². The predicted molar refractivity (Wildman–Crippen MR) is 113 cm³/mol. The quantitative estimate of drug-likeness (QED) is 0.731. The molecule has 1 fully saturated rings. The first-order valence-electron chi connectivity index (χ1n) is 10.7. The summed E-state index contributed by atoms with van der Waals surface area (Å²) in [5, 5.41) is 7.44. The molecule has 30 heavy (non-hydrogen) atoms. The molecule has 1 N–H and O–H groups in total. The molecule has 2 aliphatic heterocycles. The number of nitrogens with one attached hydrogen (secondary N) is 1. The number of rotatable bonds is 3. The van der Waals surface area contributed by atoms with E-state index in [1.54, 1.807) is 0 Å². The molecule has 0 atom stereocenters. The molecule has 0 saturated heterocycles. The molecule has 0 spiro atoms. The fraction of sp³-hybridized carbons (Fsp3) is 0.391. The molecule has 0 unspecified atom stereocenters. The number of amides is 1. The number of carbonyl (C=O) groups is 1. The van der Waals surface area contributed by atoms with Crippen molar-refractivity contribution in [2.24, 2.45) is 0 Å². The SMILES string of the molecule is Cc1cc2c(nc1N1CCc3ncc(-c4cnn(C5CCC5)c4)cc3C1)CNC2=O. The van der Waals surface area contributed by atoms with Gasteiger partial charge in [-0.25, -0.2) is 4.98 Å². The molecule has 1 aliphatic carbocycles. The van der Waals surface area contributed by atoms with Crippen molar-refractivity contribution in [3.63, 3.8) is 0 Å². The van der Waals surface area contributed by atoms with Crippen LogP contribution in [0.4, 0.5) is 5.82 Å². The number of carbonyl (C=O) groups excluding carboxylic acids is 1. The Kier molecular flexibility index (Phi) is 3.91. The van der Waals surface area contributed by atoms with Gasteiger partial charge in [-0.05, 0) is 49.4 Å². The van der Waals surface area contributed by atoms with Crippen molar-refractivity contribution in [2.45, 2.75) is 51.7 Å². The van der Waals surface area contributed by atoms with Gasteiger partial charge in [0.15, 0.2) is 0 Å². The number of pyridine rings is 2. The minimum atomic E-state index is -0.0209. The number of aryl methyl sites for hydroxylation is 1. The first kappa shape index (κ1) is 17.6. The minimum Gasteiger partial charge on any atom is -0.352 e. The summed E-state index contributed by atoms with van der Waals surface area (Å²) < 4.78 is 2.11. The van der Waals surface area contributed by atoms with Gasteiger partial charge in [-0.15, -0.1) is 0 Å². The number of hydrogen-bond acceptors (Lipinski definition) is 5. The van der Waals surface area contributed by atoms with E-state index in [-0.39, 0.29) is 5.91 Å². The van der Waals surface area contributed by atoms with Gasteiger partial charge in [0.05, 0.1) is 30.0 Å². The van der Waals surface area contributed by atoms with Gasteiger partial charge in [0.2, 0.25) is 0 Å². The Bertz CT molecular complexity index is 1160. The minimum absolute atomic E-state index is 0.0209. The molecule has 7 nitrogen and oxygen atoms in total. The van der Waals surface area contributed by atoms with Gasteiger partial charge in [-0.1, -0.05) is 0 Å². The van der Waals surface area contributed by atoms with Gasteiger partial charge >= 0.3 is 0 Å². The first-order chi connectivity index (χ1) is 14.7. The van der Waals surface area contributed by atoms with Crippen LogP contribution in [0.1, 0.15) is 58.2 Å². The van der Waals surface area contributed by atoms with Crippen LogP contribution in [0, 0.1) is 6.92 Å². The van der Waals surface area contributed by atoms with Gasteiger partial charge in [0.25, 0.3) is 5.91 Å². The number of fused-ring (bicyclic) bond motifs is 2. The second kappa shape index (κ2) is 6.65. The van der Waals surface area contributed by atoms with Crippen molar-refractivity contribution in [2.75, 3.05) is 11.4 Å². The molecule has 152 valence electrons. The van der Waals surface area contributed by atoms with E-state index in [1.807, 2.05) is 25.4 Å². The van der Waals surface area contributed by atoms with Crippen LogP contribution in [0.2, 0.25) is 0 Å². The molecule has 0 aromatic carbocycles. The van der Waals surface area contributed by atoms with E-state index in [0.29, 0.717) is 18.2 Å². The third-order valence-corrected chi connectivity index (χ3v) is 6.65. The zero-order chi connectivity index (χ0) is 20.2. The number of aromatic nitrogens is 4. The fourth-order valence-electron chi connectivity index (χ4n) is 4.65. The molecule has 0 radical (unpaired) electrons. The van der Waals surface area contributed by atoms with Crippen LogP contribution in [0.25, 0.3) is 11.1 Å². The highest BCUT2D eigenvalue weighted by Crippen LogP contribution is 2.33. The molecule has 3 aliphatic rings. The summed E-state index contributed by atoms with van der Waals surface area (Å²) in [5.41, 5.74) is 7.26. The van der Waals surface area contributed by atoms with Gasteiger partial charge in [0.1, 0.15) is 5.82 Å². The van der Waals surface area contributed by atoms with Crippen LogP contribution in [0.3, 0.4) is 0 Å². The Morgan fingerprint density at radius 1 is 1.13 bits per heavy atom. The standard InChI is InChI=1S/C23H24N6O/c1-14-7-19-21(11-25-23(19)30)27-22(14)28-6-5-20-16(12-28)8-15(9-24-20)17-10-26-29(13-17)18-3-2-4-18/h7-10,13,18H,2-6,11-12H2,1H3,(H,25,30). The van der Waals surface area contributed by atoms with Crippen molar-refractivity contribution in [1.29, 1.82) is 0 Å². The van der Waals surface area contributed by atoms with Crippen molar-refractivity contribution < 1.29 is 4.79 Å². The lowest BCUT2D eigenvalue weighted by Gasteiger charge is -2.30. The van der Waals surface area contributed by atoms with E-state index in [0.717, 1.165) is 53.4 Å². The van der Waals surface area contributed by atoms with E-state index in [4.69, 9.17) is 9.97 Å². The van der Waals surface area contributed by atoms with Crippen LogP contribution in [-0.2, 0) is 19.5 Å². The molecule has 5 heterocycles. The third kappa shape index (κ3) is 2.80. The molecular formula is C23H24N6O. The highest BCUT2D eigenvalue weighted by molar-refractivity contribution is 5.98. The molecule has 3 aromatic heterocycles. The highest BCUT2D eigenvalue weighted by atomic mass is 16.1. The summed E-state index contributed by atoms with van der Waals surface area (Å²) in [5.74, 6) is 0.950. The monoisotopic (exact) mass is 400 g/mol. The Hall–Kier alpha value is -3.22. The lowest BCUT2D eigenvalue weighted by molar-refractivity contribution is 0.0965. The highest BCUT2D eigenvalue weighted by Gasteiger charge is 2.26. The predicted octanol–water partition coefficient (Wildman–Crippen LogP) is 3.18. The Morgan fingerprint density at radius 2 is 2.03 bits per heavy atom. The zero-order valence-corrected chi connectivity index (χ0v) is 17.1. The average molecular weight is 400 g/mol. The third-order valence-electron chi connectivity index (χ3n) is 6.65. The van der Waals surface area contributed by atoms with Crippen LogP contribution in [-0.4, -0.2) is 32.2 Å². The largest absolute Gasteiger partial charge is 0.352 e. The van der Waals surface area contributed by atoms with Crippen molar-refractivity contribution in [1.82, 2.24) is 25.1 Å². The van der Waals surface area contributed by atoms with Crippen LogP contribution in [0.5, 0.6) is 0 Å². The first-order valence-corrected chi connectivity index (χ1v) is 10.7. The summed E-state index contributed by atoms with van der Waals surface area (Å²) in [6, 6.07) is 4.79. The van der Waals surface area contributed by atoms with E-state index in [2.05, 4.69) is 32.3 Å². The van der Waals surface area contributed by atoms with Crippen LogP contribution in [0.15, 0.2) is 30.7 Å².